The van der Waals surface area contributed by atoms with E-state index in [9.17, 15) is 0 Å². The van der Waals surface area contributed by atoms with Crippen molar-refractivity contribution in [3.63, 3.8) is 0 Å². The summed E-state index contributed by atoms with van der Waals surface area (Å²) in [4.78, 5) is 0. The van der Waals surface area contributed by atoms with Gasteiger partial charge in [-0.2, -0.15) is 0 Å². The second-order valence-electron chi connectivity index (χ2n) is 3.32. The van der Waals surface area contributed by atoms with Gasteiger partial charge >= 0.3 is 29.6 Å². The van der Waals surface area contributed by atoms with Gasteiger partial charge in [-0.15, -0.1) is 0 Å². The minimum atomic E-state index is 0. The maximum atomic E-state index is 5.87. The fraction of sp³-hybridized carbons (Fsp3) is 0. The van der Waals surface area contributed by atoms with E-state index in [1.165, 1.54) is 0 Å². The van der Waals surface area contributed by atoms with Gasteiger partial charge < -0.3 is 12.9 Å². The fourth-order valence-corrected chi connectivity index (χ4v) is 1.59. The van der Waals surface area contributed by atoms with E-state index in [0.717, 1.165) is 16.8 Å². The molecule has 0 fully saturated rings. The Labute approximate surface area is 123 Å². The van der Waals surface area contributed by atoms with Crippen LogP contribution in [-0.2, 0) is 0 Å². The zero-order valence-corrected chi connectivity index (χ0v) is 11.8. The second-order valence-corrected chi connectivity index (χ2v) is 3.73. The fourth-order valence-electron chi connectivity index (χ4n) is 1.47. The monoisotopic (exact) mass is 242 g/mol. The van der Waals surface area contributed by atoms with E-state index in [4.69, 9.17) is 23.1 Å². The molecule has 0 unspecified atom stereocenters. The van der Waals surface area contributed by atoms with Crippen molar-refractivity contribution in [1.29, 1.82) is 0 Å². The van der Waals surface area contributed by atoms with Gasteiger partial charge in [-0.3, -0.25) is 0 Å². The standard InChI is InChI=1S/C12H11ClN2.Na.H/c13-10-6-5-8(7-12(10)15)9-3-1-2-4-11(9)14;;/h1-7H,14-15H2;;/q;+1;-1. The largest absolute Gasteiger partial charge is 1.00 e. The number of halogens is 1. The molecule has 2 nitrogen and oxygen atoms in total. The van der Waals surface area contributed by atoms with E-state index < -0.39 is 0 Å². The van der Waals surface area contributed by atoms with Crippen LogP contribution in [0.4, 0.5) is 11.4 Å². The number of para-hydroxylation sites is 1. The van der Waals surface area contributed by atoms with Crippen LogP contribution in [0.5, 0.6) is 0 Å². The summed E-state index contributed by atoms with van der Waals surface area (Å²) in [5.74, 6) is 0. The topological polar surface area (TPSA) is 52.0 Å². The van der Waals surface area contributed by atoms with Crippen LogP contribution in [0.15, 0.2) is 42.5 Å². The van der Waals surface area contributed by atoms with Crippen molar-refractivity contribution in [2.75, 3.05) is 11.5 Å². The molecule has 2 rings (SSSR count). The number of hydrogen-bond donors (Lipinski definition) is 2. The van der Waals surface area contributed by atoms with E-state index in [0.29, 0.717) is 10.7 Å². The molecule has 78 valence electrons. The number of nitrogen functional groups attached to an aromatic ring is 2. The van der Waals surface area contributed by atoms with Gasteiger partial charge in [0.1, 0.15) is 0 Å². The SMILES string of the molecule is Nc1cc(-c2ccccc2N)ccc1Cl.[H-].[Na+]. The van der Waals surface area contributed by atoms with Crippen LogP contribution in [0.1, 0.15) is 1.43 Å². The Morgan fingerprint density at radius 3 is 2.25 bits per heavy atom. The molecular weight excluding hydrogens is 231 g/mol. The summed E-state index contributed by atoms with van der Waals surface area (Å²) in [6.07, 6.45) is 0. The zero-order valence-electron chi connectivity index (χ0n) is 10.1. The van der Waals surface area contributed by atoms with Gasteiger partial charge in [-0.25, -0.2) is 0 Å². The second kappa shape index (κ2) is 5.60. The van der Waals surface area contributed by atoms with Gasteiger partial charge in [0.2, 0.25) is 0 Å². The van der Waals surface area contributed by atoms with Crippen LogP contribution in [0.3, 0.4) is 0 Å². The molecule has 2 aromatic rings. The molecule has 0 aliphatic rings. The predicted molar refractivity (Wildman–Crippen MR) is 66.8 cm³/mol. The number of hydrogen-bond acceptors (Lipinski definition) is 2. The molecule has 0 aliphatic carbocycles. The molecule has 4 N–H and O–H groups in total. The normalized spacial score (nSPS) is 9.56. The van der Waals surface area contributed by atoms with Gasteiger partial charge in [-0.1, -0.05) is 35.9 Å². The van der Waals surface area contributed by atoms with E-state index in [1.54, 1.807) is 6.07 Å². The van der Waals surface area contributed by atoms with Crippen molar-refractivity contribution >= 4 is 23.0 Å². The third-order valence-electron chi connectivity index (χ3n) is 2.27. The average Bonchev–Trinajstić information content (AvgIpc) is 2.23. The Morgan fingerprint density at radius 1 is 0.938 bits per heavy atom. The zero-order chi connectivity index (χ0) is 10.8. The summed E-state index contributed by atoms with van der Waals surface area (Å²) in [5.41, 5.74) is 14.9. The Hall–Kier alpha value is -0.670. The van der Waals surface area contributed by atoms with E-state index >= 15 is 0 Å². The molecule has 0 heterocycles. The summed E-state index contributed by atoms with van der Waals surface area (Å²) in [6, 6.07) is 13.2. The molecule has 0 aromatic heterocycles. The molecule has 0 bridgehead atoms. The Balaban J connectivity index is 0.00000128. The van der Waals surface area contributed by atoms with Crippen LogP contribution in [0, 0.1) is 0 Å². The molecule has 0 atom stereocenters. The maximum absolute atomic E-state index is 5.87. The first-order valence-corrected chi connectivity index (χ1v) is 4.96. The summed E-state index contributed by atoms with van der Waals surface area (Å²) in [6.45, 7) is 0. The maximum Gasteiger partial charge on any atom is 1.00 e. The van der Waals surface area contributed by atoms with Gasteiger partial charge in [0.15, 0.2) is 0 Å². The molecule has 0 saturated carbocycles. The molecule has 0 radical (unpaired) electrons. The number of benzene rings is 2. The summed E-state index contributed by atoms with van der Waals surface area (Å²) in [7, 11) is 0. The van der Waals surface area contributed by atoms with Crippen molar-refractivity contribution in [2.45, 2.75) is 0 Å². The molecule has 4 heteroatoms. The van der Waals surface area contributed by atoms with Crippen LogP contribution >= 0.6 is 11.6 Å². The van der Waals surface area contributed by atoms with E-state index in [1.807, 2.05) is 36.4 Å². The van der Waals surface area contributed by atoms with Crippen molar-refractivity contribution in [3.05, 3.63) is 47.5 Å². The molecule has 0 saturated heterocycles. The Bertz CT molecular complexity index is 506. The molecule has 0 aliphatic heterocycles. The summed E-state index contributed by atoms with van der Waals surface area (Å²) in [5, 5.41) is 0.563. The number of nitrogens with two attached hydrogens (primary N) is 2. The molecule has 16 heavy (non-hydrogen) atoms. The van der Waals surface area contributed by atoms with E-state index in [2.05, 4.69) is 0 Å². The first-order valence-electron chi connectivity index (χ1n) is 4.58. The summed E-state index contributed by atoms with van der Waals surface area (Å²) >= 11 is 5.85. The first kappa shape index (κ1) is 13.4. The Morgan fingerprint density at radius 2 is 1.62 bits per heavy atom. The van der Waals surface area contributed by atoms with Crippen LogP contribution in [0.2, 0.25) is 5.02 Å². The van der Waals surface area contributed by atoms with Crippen LogP contribution in [0.25, 0.3) is 11.1 Å². The third-order valence-corrected chi connectivity index (χ3v) is 2.61. The first-order chi connectivity index (χ1) is 7.18. The number of anilines is 2. The molecule has 0 amide bonds. The quantitative estimate of drug-likeness (QED) is 0.558. The van der Waals surface area contributed by atoms with Gasteiger partial charge in [0.05, 0.1) is 10.7 Å². The Kier molecular flexibility index (Phi) is 4.69. The molecule has 0 spiro atoms. The smallest absolute Gasteiger partial charge is 1.00 e. The molecular formula is C12H12ClN2Na. The third kappa shape index (κ3) is 2.71. The van der Waals surface area contributed by atoms with Crippen molar-refractivity contribution < 1.29 is 31.0 Å². The van der Waals surface area contributed by atoms with Crippen molar-refractivity contribution in [1.82, 2.24) is 0 Å². The summed E-state index contributed by atoms with van der Waals surface area (Å²) < 4.78 is 0. The molecule has 2 aromatic carbocycles. The number of rotatable bonds is 1. The van der Waals surface area contributed by atoms with Crippen molar-refractivity contribution in [3.8, 4) is 11.1 Å². The minimum Gasteiger partial charge on any atom is -1.00 e. The average molecular weight is 243 g/mol. The van der Waals surface area contributed by atoms with Crippen molar-refractivity contribution in [2.24, 2.45) is 0 Å². The van der Waals surface area contributed by atoms with E-state index in [-0.39, 0.29) is 31.0 Å². The van der Waals surface area contributed by atoms with Crippen LogP contribution in [-0.4, -0.2) is 0 Å². The van der Waals surface area contributed by atoms with Crippen LogP contribution < -0.4 is 41.0 Å². The van der Waals surface area contributed by atoms with Gasteiger partial charge in [0.25, 0.3) is 0 Å². The van der Waals surface area contributed by atoms with Gasteiger partial charge in [0, 0.05) is 11.3 Å². The van der Waals surface area contributed by atoms with Gasteiger partial charge in [-0.05, 0) is 23.8 Å². The minimum absolute atomic E-state index is 0. The predicted octanol–water partition coefficient (Wildman–Crippen LogP) is 0.288.